The number of anilines is 2. The van der Waals surface area contributed by atoms with Crippen LogP contribution in [-0.2, 0) is 13.7 Å². The summed E-state index contributed by atoms with van der Waals surface area (Å²) >= 11 is 0. The van der Waals surface area contributed by atoms with Crippen LogP contribution in [0.4, 0.5) is 11.5 Å². The fourth-order valence-corrected chi connectivity index (χ4v) is 3.09. The second-order valence-corrected chi connectivity index (χ2v) is 7.11. The predicted molar refractivity (Wildman–Crippen MR) is 123 cm³/mol. The summed E-state index contributed by atoms with van der Waals surface area (Å²) in [5, 5.41) is 9.83. The lowest BCUT2D eigenvalue weighted by molar-refractivity contribution is 0.101. The predicted octanol–water partition coefficient (Wildman–Crippen LogP) is 4.50. The Bertz CT molecular complexity index is 1220. The molecular formula is C25H22N4O3. The minimum absolute atomic E-state index is 0.196. The third kappa shape index (κ3) is 5.20. The van der Waals surface area contributed by atoms with Crippen molar-refractivity contribution in [3.8, 4) is 5.75 Å². The van der Waals surface area contributed by atoms with Gasteiger partial charge in [-0.2, -0.15) is 5.10 Å². The van der Waals surface area contributed by atoms with Crippen LogP contribution in [0.25, 0.3) is 0 Å². The number of nitrogens with zero attached hydrogens (tertiary/aromatic N) is 2. The Morgan fingerprint density at radius 3 is 2.31 bits per heavy atom. The molecule has 0 fully saturated rings. The number of amides is 2. The van der Waals surface area contributed by atoms with Crippen molar-refractivity contribution in [3.63, 3.8) is 0 Å². The van der Waals surface area contributed by atoms with E-state index in [4.69, 9.17) is 4.74 Å². The Morgan fingerprint density at radius 1 is 0.844 bits per heavy atom. The summed E-state index contributed by atoms with van der Waals surface area (Å²) in [6, 6.07) is 27.3. The van der Waals surface area contributed by atoms with Crippen molar-refractivity contribution in [3.05, 3.63) is 108 Å². The molecular weight excluding hydrogens is 404 g/mol. The number of aromatic nitrogens is 2. The molecule has 0 radical (unpaired) electrons. The van der Waals surface area contributed by atoms with E-state index >= 15 is 0 Å². The van der Waals surface area contributed by atoms with Crippen molar-refractivity contribution in [1.82, 2.24) is 9.78 Å². The average Bonchev–Trinajstić information content (AvgIpc) is 3.19. The quantitative estimate of drug-likeness (QED) is 0.456. The summed E-state index contributed by atoms with van der Waals surface area (Å²) in [5.41, 5.74) is 2.27. The highest BCUT2D eigenvalue weighted by molar-refractivity contribution is 6.06. The Kier molecular flexibility index (Phi) is 6.27. The van der Waals surface area contributed by atoms with Gasteiger partial charge in [-0.1, -0.05) is 48.5 Å². The van der Waals surface area contributed by atoms with Gasteiger partial charge in [0.1, 0.15) is 18.2 Å². The van der Waals surface area contributed by atoms with Crippen LogP contribution in [-0.4, -0.2) is 21.6 Å². The number of ether oxygens (including phenoxy) is 1. The first-order chi connectivity index (χ1) is 15.6. The molecule has 1 heterocycles. The molecule has 0 spiro atoms. The minimum Gasteiger partial charge on any atom is -0.489 e. The number of aryl methyl sites for hydroxylation is 1. The maximum atomic E-state index is 12.7. The van der Waals surface area contributed by atoms with E-state index < -0.39 is 0 Å². The number of carbonyl (C=O) groups is 2. The van der Waals surface area contributed by atoms with Gasteiger partial charge in [-0.3, -0.25) is 14.3 Å². The molecule has 32 heavy (non-hydrogen) atoms. The normalized spacial score (nSPS) is 10.4. The van der Waals surface area contributed by atoms with Gasteiger partial charge < -0.3 is 15.4 Å². The molecule has 7 nitrogen and oxygen atoms in total. The van der Waals surface area contributed by atoms with Gasteiger partial charge in [0.05, 0.1) is 0 Å². The van der Waals surface area contributed by atoms with Gasteiger partial charge in [-0.15, -0.1) is 0 Å². The Labute approximate surface area is 185 Å². The SMILES string of the molecule is Cn1nc(C(=O)Nc2cccc(COc3ccccc3)c2)cc1NC(=O)c1ccccc1. The van der Waals surface area contributed by atoms with Crippen LogP contribution in [0.1, 0.15) is 26.4 Å². The van der Waals surface area contributed by atoms with Gasteiger partial charge in [0.25, 0.3) is 11.8 Å². The zero-order valence-electron chi connectivity index (χ0n) is 17.5. The molecule has 7 heteroatoms. The number of benzene rings is 3. The minimum atomic E-state index is -0.373. The average molecular weight is 426 g/mol. The number of para-hydroxylation sites is 1. The summed E-state index contributed by atoms with van der Waals surface area (Å²) in [6.45, 7) is 0.382. The third-order valence-electron chi connectivity index (χ3n) is 4.72. The molecule has 0 saturated heterocycles. The van der Waals surface area contributed by atoms with Crippen molar-refractivity contribution in [2.24, 2.45) is 7.05 Å². The van der Waals surface area contributed by atoms with Gasteiger partial charge in [-0.05, 0) is 42.0 Å². The largest absolute Gasteiger partial charge is 0.489 e. The smallest absolute Gasteiger partial charge is 0.276 e. The molecule has 0 saturated carbocycles. The van der Waals surface area contributed by atoms with E-state index in [1.807, 2.05) is 54.6 Å². The standard InChI is InChI=1S/C25H22N4O3/c1-29-23(27-24(30)19-10-4-2-5-11-19)16-22(28-29)25(31)26-20-12-8-9-18(15-20)17-32-21-13-6-3-7-14-21/h2-16H,17H2,1H3,(H,26,31)(H,27,30). The molecule has 1 aromatic heterocycles. The molecule has 2 N–H and O–H groups in total. The molecule has 2 amide bonds. The first-order valence-corrected chi connectivity index (χ1v) is 10.1. The molecule has 160 valence electrons. The van der Waals surface area contributed by atoms with Crippen LogP contribution in [0.2, 0.25) is 0 Å². The summed E-state index contributed by atoms with van der Waals surface area (Å²) in [6.07, 6.45) is 0. The summed E-state index contributed by atoms with van der Waals surface area (Å²) < 4.78 is 7.22. The van der Waals surface area contributed by atoms with Crippen molar-refractivity contribution >= 4 is 23.3 Å². The highest BCUT2D eigenvalue weighted by atomic mass is 16.5. The van der Waals surface area contributed by atoms with Gasteiger partial charge >= 0.3 is 0 Å². The monoisotopic (exact) mass is 426 g/mol. The lowest BCUT2D eigenvalue weighted by Crippen LogP contribution is -2.14. The van der Waals surface area contributed by atoms with E-state index in [0.717, 1.165) is 11.3 Å². The van der Waals surface area contributed by atoms with Gasteiger partial charge in [0.15, 0.2) is 5.69 Å². The fourth-order valence-electron chi connectivity index (χ4n) is 3.09. The highest BCUT2D eigenvalue weighted by Crippen LogP contribution is 2.17. The molecule has 3 aromatic carbocycles. The highest BCUT2D eigenvalue weighted by Gasteiger charge is 2.15. The Balaban J connectivity index is 1.40. The maximum absolute atomic E-state index is 12.7. The molecule has 0 aliphatic carbocycles. The van der Waals surface area contributed by atoms with Gasteiger partial charge in [0.2, 0.25) is 0 Å². The van der Waals surface area contributed by atoms with Gasteiger partial charge in [-0.25, -0.2) is 0 Å². The van der Waals surface area contributed by atoms with E-state index in [1.165, 1.54) is 4.68 Å². The lowest BCUT2D eigenvalue weighted by atomic mass is 10.2. The van der Waals surface area contributed by atoms with Crippen molar-refractivity contribution in [1.29, 1.82) is 0 Å². The fraction of sp³-hybridized carbons (Fsp3) is 0.0800. The Hall–Kier alpha value is -4.39. The van der Waals surface area contributed by atoms with E-state index in [0.29, 0.717) is 23.7 Å². The summed E-state index contributed by atoms with van der Waals surface area (Å²) in [4.78, 5) is 25.1. The first kappa shape index (κ1) is 20.9. The van der Waals surface area contributed by atoms with Crippen LogP contribution < -0.4 is 15.4 Å². The van der Waals surface area contributed by atoms with Crippen molar-refractivity contribution in [2.45, 2.75) is 6.61 Å². The number of hydrogen-bond donors (Lipinski definition) is 2. The zero-order valence-corrected chi connectivity index (χ0v) is 17.5. The van der Waals surface area contributed by atoms with Crippen LogP contribution in [0, 0.1) is 0 Å². The van der Waals surface area contributed by atoms with Gasteiger partial charge in [0, 0.05) is 24.4 Å². The van der Waals surface area contributed by atoms with Crippen LogP contribution in [0.15, 0.2) is 91.0 Å². The maximum Gasteiger partial charge on any atom is 0.276 e. The second-order valence-electron chi connectivity index (χ2n) is 7.11. The van der Waals surface area contributed by atoms with E-state index in [-0.39, 0.29) is 17.5 Å². The van der Waals surface area contributed by atoms with Crippen molar-refractivity contribution in [2.75, 3.05) is 10.6 Å². The Morgan fingerprint density at radius 2 is 1.56 bits per heavy atom. The second kappa shape index (κ2) is 9.61. The van der Waals surface area contributed by atoms with Crippen LogP contribution >= 0.6 is 0 Å². The van der Waals surface area contributed by atoms with Crippen LogP contribution in [0.3, 0.4) is 0 Å². The van der Waals surface area contributed by atoms with E-state index in [9.17, 15) is 9.59 Å². The zero-order chi connectivity index (χ0) is 22.3. The lowest BCUT2D eigenvalue weighted by Gasteiger charge is -2.08. The molecule has 4 aromatic rings. The summed E-state index contributed by atoms with van der Waals surface area (Å²) in [5.74, 6) is 0.558. The van der Waals surface area contributed by atoms with Crippen molar-refractivity contribution < 1.29 is 14.3 Å². The number of hydrogen-bond acceptors (Lipinski definition) is 4. The topological polar surface area (TPSA) is 85.2 Å². The van der Waals surface area contributed by atoms with E-state index in [2.05, 4.69) is 15.7 Å². The number of nitrogens with one attached hydrogen (secondary N) is 2. The molecule has 0 bridgehead atoms. The molecule has 0 atom stereocenters. The molecule has 0 aliphatic rings. The molecule has 0 unspecified atom stereocenters. The third-order valence-corrected chi connectivity index (χ3v) is 4.72. The van der Waals surface area contributed by atoms with E-state index in [1.54, 1.807) is 43.4 Å². The molecule has 4 rings (SSSR count). The molecule has 0 aliphatic heterocycles. The summed E-state index contributed by atoms with van der Waals surface area (Å²) in [7, 11) is 1.67. The number of rotatable bonds is 7. The van der Waals surface area contributed by atoms with Crippen LogP contribution in [0.5, 0.6) is 5.75 Å². The first-order valence-electron chi connectivity index (χ1n) is 10.1. The number of carbonyl (C=O) groups excluding carboxylic acids is 2.